The second-order valence-electron chi connectivity index (χ2n) is 6.64. The number of halogens is 1. The third-order valence-corrected chi connectivity index (χ3v) is 6.11. The highest BCUT2D eigenvalue weighted by Gasteiger charge is 2.33. The fourth-order valence-electron chi connectivity index (χ4n) is 3.10. The third-order valence-electron chi connectivity index (χ3n) is 4.55. The third kappa shape index (κ3) is 4.41. The van der Waals surface area contributed by atoms with Gasteiger partial charge in [0.25, 0.3) is 5.91 Å². The van der Waals surface area contributed by atoms with E-state index < -0.39 is 5.91 Å². The molecule has 9 heteroatoms. The van der Waals surface area contributed by atoms with Crippen molar-refractivity contribution in [2.24, 2.45) is 0 Å². The molecule has 0 aliphatic carbocycles. The predicted molar refractivity (Wildman–Crippen MR) is 125 cm³/mol. The van der Waals surface area contributed by atoms with Crippen LogP contribution in [0.25, 0.3) is 17.0 Å². The number of fused-ring (bicyclic) bond motifs is 1. The highest BCUT2D eigenvalue weighted by molar-refractivity contribution is 7.99. The van der Waals surface area contributed by atoms with Crippen LogP contribution in [0.3, 0.4) is 0 Å². The first-order valence-electron chi connectivity index (χ1n) is 9.15. The van der Waals surface area contributed by atoms with E-state index in [2.05, 4.69) is 5.32 Å². The highest BCUT2D eigenvalue weighted by Crippen LogP contribution is 2.34. The monoisotopic (exact) mass is 469 g/mol. The number of methoxy groups -OCH3 is 1. The Hall–Kier alpha value is -2.94. The molecular formula is C22H16ClN3O3S2. The van der Waals surface area contributed by atoms with Crippen LogP contribution in [0.2, 0.25) is 5.02 Å². The van der Waals surface area contributed by atoms with Gasteiger partial charge in [-0.3, -0.25) is 19.8 Å². The van der Waals surface area contributed by atoms with Gasteiger partial charge >= 0.3 is 0 Å². The van der Waals surface area contributed by atoms with Crippen molar-refractivity contribution in [1.82, 2.24) is 15.2 Å². The summed E-state index contributed by atoms with van der Waals surface area (Å²) in [4.78, 5) is 31.4. The number of carbonyl (C=O) groups excluding carboxylic acids is 2. The minimum Gasteiger partial charge on any atom is -0.497 e. The van der Waals surface area contributed by atoms with Crippen molar-refractivity contribution in [3.8, 4) is 5.75 Å². The van der Waals surface area contributed by atoms with Crippen molar-refractivity contribution < 1.29 is 14.3 Å². The Morgan fingerprint density at radius 3 is 2.65 bits per heavy atom. The quantitative estimate of drug-likeness (QED) is 0.443. The maximum atomic E-state index is 12.5. The Bertz CT molecular complexity index is 1260. The molecule has 3 aromatic rings. The van der Waals surface area contributed by atoms with Gasteiger partial charge in [0.2, 0.25) is 5.91 Å². The normalized spacial score (nSPS) is 14.9. The zero-order valence-electron chi connectivity index (χ0n) is 16.5. The van der Waals surface area contributed by atoms with Crippen LogP contribution < -0.4 is 10.1 Å². The van der Waals surface area contributed by atoms with Crippen LogP contribution in [-0.4, -0.2) is 33.9 Å². The van der Waals surface area contributed by atoms with Crippen molar-refractivity contribution in [2.45, 2.75) is 16.8 Å². The van der Waals surface area contributed by atoms with Crippen LogP contribution in [0.4, 0.5) is 0 Å². The van der Waals surface area contributed by atoms with Crippen molar-refractivity contribution in [2.75, 3.05) is 7.11 Å². The predicted octanol–water partition coefficient (Wildman–Crippen LogP) is 4.65. The molecule has 31 heavy (non-hydrogen) atoms. The highest BCUT2D eigenvalue weighted by atomic mass is 35.5. The molecule has 2 heterocycles. The van der Waals surface area contributed by atoms with E-state index in [4.69, 9.17) is 33.5 Å². The number of rotatable bonds is 4. The Labute approximate surface area is 193 Å². The molecule has 0 radical (unpaired) electrons. The smallest absolute Gasteiger partial charge is 0.274 e. The number of hydrogen-bond acceptors (Lipinski definition) is 6. The van der Waals surface area contributed by atoms with Crippen molar-refractivity contribution in [3.05, 3.63) is 64.8 Å². The van der Waals surface area contributed by atoms with Crippen LogP contribution in [0.5, 0.6) is 5.75 Å². The number of hydrogen-bond donors (Lipinski definition) is 1. The van der Waals surface area contributed by atoms with E-state index >= 15 is 0 Å². The Kier molecular flexibility index (Phi) is 5.95. The molecular weight excluding hydrogens is 454 g/mol. The van der Waals surface area contributed by atoms with E-state index in [0.29, 0.717) is 21.4 Å². The number of amides is 2. The molecule has 1 aromatic heterocycles. The molecule has 1 aliphatic heterocycles. The van der Waals surface area contributed by atoms with Crippen molar-refractivity contribution in [3.63, 3.8) is 0 Å². The summed E-state index contributed by atoms with van der Waals surface area (Å²) in [6.07, 6.45) is 1.63. The Morgan fingerprint density at radius 2 is 1.97 bits per heavy atom. The molecule has 1 fully saturated rings. The molecule has 6 nitrogen and oxygen atoms in total. The first kappa shape index (κ1) is 21.3. The molecule has 0 saturated carbocycles. The summed E-state index contributed by atoms with van der Waals surface area (Å²) in [6.45, 7) is 1.35. The number of nitrogens with one attached hydrogen (secondary N) is 1. The van der Waals surface area contributed by atoms with Crippen LogP contribution >= 0.6 is 35.6 Å². The lowest BCUT2D eigenvalue weighted by atomic mass is 10.1. The number of benzene rings is 2. The first-order valence-corrected chi connectivity index (χ1v) is 10.8. The average Bonchev–Trinajstić information content (AvgIpc) is 3.02. The van der Waals surface area contributed by atoms with Gasteiger partial charge in [0.1, 0.15) is 16.5 Å². The maximum absolute atomic E-state index is 12.5. The average molecular weight is 470 g/mol. The van der Waals surface area contributed by atoms with Gasteiger partial charge in [0.05, 0.1) is 12.6 Å². The maximum Gasteiger partial charge on any atom is 0.274 e. The summed E-state index contributed by atoms with van der Waals surface area (Å²) >= 11 is 12.6. The minimum atomic E-state index is -0.437. The first-order chi connectivity index (χ1) is 14.9. The fraction of sp³-hybridized carbons (Fsp3) is 0.0909. The molecule has 156 valence electrons. The van der Waals surface area contributed by atoms with Crippen molar-refractivity contribution >= 4 is 69.5 Å². The molecule has 1 saturated heterocycles. The van der Waals surface area contributed by atoms with Crippen LogP contribution in [0.15, 0.2) is 64.1 Å². The summed E-state index contributed by atoms with van der Waals surface area (Å²) in [7, 11) is 1.59. The van der Waals surface area contributed by atoms with Gasteiger partial charge < -0.3 is 4.74 Å². The SMILES string of the molecule is COc1ccc2nc(Sc3ccc(Cl)cc3)c(/C=C3/C(=O)NC(=S)N3C(C)=O)cc2c1. The number of nitrogens with zero attached hydrogens (tertiary/aromatic N) is 2. The summed E-state index contributed by atoms with van der Waals surface area (Å²) in [5.41, 5.74) is 1.59. The Balaban J connectivity index is 1.87. The zero-order chi connectivity index (χ0) is 22.1. The molecule has 2 aromatic carbocycles. The largest absolute Gasteiger partial charge is 0.497 e. The second kappa shape index (κ2) is 8.66. The van der Waals surface area contributed by atoms with Gasteiger partial charge in [-0.2, -0.15) is 0 Å². The second-order valence-corrected chi connectivity index (χ2v) is 8.53. The molecule has 0 atom stereocenters. The molecule has 4 rings (SSSR count). The van der Waals surface area contributed by atoms with Gasteiger partial charge in [0, 0.05) is 27.8 Å². The zero-order valence-corrected chi connectivity index (χ0v) is 18.9. The number of thiocarbonyl (C=S) groups is 1. The van der Waals surface area contributed by atoms with Gasteiger partial charge in [-0.15, -0.1) is 0 Å². The summed E-state index contributed by atoms with van der Waals surface area (Å²) in [6, 6.07) is 14.9. The van der Waals surface area contributed by atoms with Crippen molar-refractivity contribution in [1.29, 1.82) is 0 Å². The van der Waals surface area contributed by atoms with Crippen LogP contribution in [0.1, 0.15) is 12.5 Å². The molecule has 0 bridgehead atoms. The lowest BCUT2D eigenvalue weighted by Crippen LogP contribution is -2.31. The topological polar surface area (TPSA) is 71.5 Å². The van der Waals surface area contributed by atoms with Gasteiger partial charge in [0.15, 0.2) is 5.11 Å². The number of aromatic nitrogens is 1. The number of pyridine rings is 1. The lowest BCUT2D eigenvalue weighted by Gasteiger charge is -2.14. The number of ether oxygens (including phenoxy) is 1. The van der Waals surface area contributed by atoms with E-state index in [0.717, 1.165) is 15.8 Å². The van der Waals surface area contributed by atoms with Crippen LogP contribution in [0, 0.1) is 0 Å². The summed E-state index contributed by atoms with van der Waals surface area (Å²) in [5, 5.41) is 4.72. The van der Waals surface area contributed by atoms with E-state index in [9.17, 15) is 9.59 Å². The molecule has 1 aliphatic rings. The van der Waals surface area contributed by atoms with E-state index in [1.54, 1.807) is 25.3 Å². The summed E-state index contributed by atoms with van der Waals surface area (Å²) in [5.74, 6) is -0.0959. The lowest BCUT2D eigenvalue weighted by molar-refractivity contribution is -0.125. The molecule has 0 unspecified atom stereocenters. The van der Waals surface area contributed by atoms with E-state index in [1.165, 1.54) is 23.6 Å². The molecule has 1 N–H and O–H groups in total. The van der Waals surface area contributed by atoms with Gasteiger partial charge in [-0.25, -0.2) is 4.98 Å². The summed E-state index contributed by atoms with van der Waals surface area (Å²) < 4.78 is 5.32. The van der Waals surface area contributed by atoms with Gasteiger partial charge in [-0.1, -0.05) is 23.4 Å². The van der Waals surface area contributed by atoms with Crippen LogP contribution in [-0.2, 0) is 9.59 Å². The van der Waals surface area contributed by atoms with E-state index in [1.807, 2.05) is 36.4 Å². The minimum absolute atomic E-state index is 0.0612. The molecule has 2 amide bonds. The van der Waals surface area contributed by atoms with E-state index in [-0.39, 0.29) is 16.7 Å². The standard InChI is InChI=1S/C22H16ClN3O3S2/c1-12(27)26-19(20(28)25-22(26)30)11-14-9-13-10-16(29-2)5-8-18(13)24-21(14)31-17-6-3-15(23)4-7-17/h3-11H,1-2H3,(H,25,28,30)/b19-11-. The fourth-order valence-corrected chi connectivity index (χ4v) is 4.42. The number of carbonyl (C=O) groups is 2. The van der Waals surface area contributed by atoms with Gasteiger partial charge in [-0.05, 0) is 66.8 Å². The Morgan fingerprint density at radius 1 is 1.23 bits per heavy atom. The molecule has 0 spiro atoms.